The SMILES string of the molecule is CN(Cc1ccsc1)Cc1cccc(C#N)c1F. The Balaban J connectivity index is 2.08. The number of hydrogen-bond acceptors (Lipinski definition) is 3. The molecule has 1 aromatic heterocycles. The van der Waals surface area contributed by atoms with E-state index in [2.05, 4.69) is 11.4 Å². The average Bonchev–Trinajstić information content (AvgIpc) is 2.84. The first-order valence-corrected chi connectivity index (χ1v) is 6.52. The van der Waals surface area contributed by atoms with E-state index in [9.17, 15) is 4.39 Å². The lowest BCUT2D eigenvalue weighted by molar-refractivity contribution is 0.314. The normalized spacial score (nSPS) is 10.6. The van der Waals surface area contributed by atoms with E-state index in [-0.39, 0.29) is 5.56 Å². The van der Waals surface area contributed by atoms with Crippen molar-refractivity contribution in [3.8, 4) is 6.07 Å². The van der Waals surface area contributed by atoms with Crippen molar-refractivity contribution in [1.82, 2.24) is 4.90 Å². The lowest BCUT2D eigenvalue weighted by Gasteiger charge is -2.16. The van der Waals surface area contributed by atoms with Crippen LogP contribution in [0.3, 0.4) is 0 Å². The van der Waals surface area contributed by atoms with Crippen molar-refractivity contribution in [3.05, 3.63) is 57.5 Å². The zero-order valence-electron chi connectivity index (χ0n) is 10.1. The van der Waals surface area contributed by atoms with Crippen LogP contribution in [0.25, 0.3) is 0 Å². The van der Waals surface area contributed by atoms with Gasteiger partial charge in [-0.3, -0.25) is 4.90 Å². The molecular formula is C14H13FN2S. The summed E-state index contributed by atoms with van der Waals surface area (Å²) >= 11 is 1.65. The second-order valence-electron chi connectivity index (χ2n) is 4.19. The average molecular weight is 260 g/mol. The van der Waals surface area contributed by atoms with Gasteiger partial charge < -0.3 is 0 Å². The minimum absolute atomic E-state index is 0.108. The van der Waals surface area contributed by atoms with Gasteiger partial charge in [-0.1, -0.05) is 12.1 Å². The molecule has 18 heavy (non-hydrogen) atoms. The molecule has 0 saturated heterocycles. The highest BCUT2D eigenvalue weighted by molar-refractivity contribution is 7.07. The number of rotatable bonds is 4. The van der Waals surface area contributed by atoms with Gasteiger partial charge in [-0.15, -0.1) is 0 Å². The Morgan fingerprint density at radius 1 is 1.33 bits per heavy atom. The molecule has 0 unspecified atom stereocenters. The molecule has 0 aliphatic rings. The van der Waals surface area contributed by atoms with Gasteiger partial charge in [0.25, 0.3) is 0 Å². The Labute approximate surface area is 110 Å². The van der Waals surface area contributed by atoms with Crippen LogP contribution in [0, 0.1) is 17.1 Å². The van der Waals surface area contributed by atoms with Gasteiger partial charge in [0.05, 0.1) is 5.56 Å². The van der Waals surface area contributed by atoms with Crippen LogP contribution in [0.4, 0.5) is 4.39 Å². The van der Waals surface area contributed by atoms with Crippen LogP contribution in [0.2, 0.25) is 0 Å². The monoisotopic (exact) mass is 260 g/mol. The molecule has 1 aromatic carbocycles. The zero-order chi connectivity index (χ0) is 13.0. The van der Waals surface area contributed by atoms with E-state index in [0.29, 0.717) is 12.1 Å². The second-order valence-corrected chi connectivity index (χ2v) is 4.97. The van der Waals surface area contributed by atoms with Crippen molar-refractivity contribution in [2.75, 3.05) is 7.05 Å². The van der Waals surface area contributed by atoms with E-state index in [1.165, 1.54) is 11.6 Å². The van der Waals surface area contributed by atoms with Gasteiger partial charge >= 0.3 is 0 Å². The van der Waals surface area contributed by atoms with Crippen molar-refractivity contribution in [3.63, 3.8) is 0 Å². The van der Waals surface area contributed by atoms with E-state index in [1.54, 1.807) is 23.5 Å². The fourth-order valence-electron chi connectivity index (χ4n) is 1.83. The third kappa shape index (κ3) is 2.95. The maximum atomic E-state index is 13.9. The number of nitriles is 1. The summed E-state index contributed by atoms with van der Waals surface area (Å²) in [4.78, 5) is 2.03. The molecule has 0 aliphatic heterocycles. The third-order valence-electron chi connectivity index (χ3n) is 2.67. The summed E-state index contributed by atoms with van der Waals surface area (Å²) in [6.07, 6.45) is 0. The Morgan fingerprint density at radius 3 is 2.83 bits per heavy atom. The maximum Gasteiger partial charge on any atom is 0.145 e. The Hall–Kier alpha value is -1.70. The minimum atomic E-state index is -0.405. The van der Waals surface area contributed by atoms with Crippen LogP contribution in [-0.4, -0.2) is 11.9 Å². The van der Waals surface area contributed by atoms with E-state index < -0.39 is 5.82 Å². The molecule has 0 aliphatic carbocycles. The van der Waals surface area contributed by atoms with Gasteiger partial charge in [0.1, 0.15) is 11.9 Å². The summed E-state index contributed by atoms with van der Waals surface area (Å²) in [7, 11) is 1.94. The molecule has 0 fully saturated rings. The first-order chi connectivity index (χ1) is 8.70. The molecule has 1 heterocycles. The lowest BCUT2D eigenvalue weighted by atomic mass is 10.1. The number of nitrogens with zero attached hydrogens (tertiary/aromatic N) is 2. The summed E-state index contributed by atoms with van der Waals surface area (Å²) in [5.74, 6) is -0.405. The van der Waals surface area contributed by atoms with E-state index in [0.717, 1.165) is 6.54 Å². The van der Waals surface area contributed by atoms with Crippen molar-refractivity contribution < 1.29 is 4.39 Å². The molecule has 0 atom stereocenters. The number of halogens is 1. The van der Waals surface area contributed by atoms with Crippen LogP contribution in [-0.2, 0) is 13.1 Å². The molecule has 0 spiro atoms. The smallest absolute Gasteiger partial charge is 0.145 e. The Kier molecular flexibility index (Phi) is 4.08. The molecular weight excluding hydrogens is 247 g/mol. The Morgan fingerprint density at radius 2 is 2.17 bits per heavy atom. The summed E-state index contributed by atoms with van der Waals surface area (Å²) in [6, 6.07) is 8.86. The summed E-state index contributed by atoms with van der Waals surface area (Å²) in [5, 5.41) is 12.9. The molecule has 92 valence electrons. The Bertz CT molecular complexity index is 558. The highest BCUT2D eigenvalue weighted by Gasteiger charge is 2.10. The number of hydrogen-bond donors (Lipinski definition) is 0. The van der Waals surface area contributed by atoms with E-state index in [1.807, 2.05) is 23.4 Å². The van der Waals surface area contributed by atoms with Gasteiger partial charge in [0, 0.05) is 18.7 Å². The topological polar surface area (TPSA) is 27.0 Å². The van der Waals surface area contributed by atoms with Crippen molar-refractivity contribution in [1.29, 1.82) is 5.26 Å². The van der Waals surface area contributed by atoms with Gasteiger partial charge in [-0.2, -0.15) is 16.6 Å². The standard InChI is InChI=1S/C14H13FN2S/c1-17(8-11-5-6-18-10-11)9-13-4-2-3-12(7-16)14(13)15/h2-6,10H,8-9H2,1H3. The van der Waals surface area contributed by atoms with Crippen LogP contribution in [0.1, 0.15) is 16.7 Å². The molecule has 0 bridgehead atoms. The summed E-state index contributed by atoms with van der Waals surface area (Å²) in [6.45, 7) is 1.27. The van der Waals surface area contributed by atoms with Gasteiger partial charge in [-0.05, 0) is 35.5 Å². The fourth-order valence-corrected chi connectivity index (χ4v) is 2.49. The minimum Gasteiger partial charge on any atom is -0.298 e. The predicted octanol–water partition coefficient (Wildman–Crippen LogP) is 3.39. The third-order valence-corrected chi connectivity index (χ3v) is 3.40. The largest absolute Gasteiger partial charge is 0.298 e. The fraction of sp³-hybridized carbons (Fsp3) is 0.214. The maximum absolute atomic E-state index is 13.9. The summed E-state index contributed by atoms with van der Waals surface area (Å²) in [5.41, 5.74) is 1.89. The van der Waals surface area contributed by atoms with Crippen LogP contribution < -0.4 is 0 Å². The molecule has 0 saturated carbocycles. The van der Waals surface area contributed by atoms with Crippen LogP contribution in [0.5, 0.6) is 0 Å². The molecule has 2 aromatic rings. The second kappa shape index (κ2) is 5.76. The first kappa shape index (κ1) is 12.7. The van der Waals surface area contributed by atoms with Crippen molar-refractivity contribution in [2.45, 2.75) is 13.1 Å². The summed E-state index contributed by atoms with van der Waals surface area (Å²) < 4.78 is 13.9. The van der Waals surface area contributed by atoms with Crippen molar-refractivity contribution >= 4 is 11.3 Å². The van der Waals surface area contributed by atoms with E-state index in [4.69, 9.17) is 5.26 Å². The van der Waals surface area contributed by atoms with Gasteiger partial charge in [0.2, 0.25) is 0 Å². The highest BCUT2D eigenvalue weighted by Crippen LogP contribution is 2.15. The first-order valence-electron chi connectivity index (χ1n) is 5.58. The van der Waals surface area contributed by atoms with E-state index >= 15 is 0 Å². The molecule has 2 nitrogen and oxygen atoms in total. The molecule has 0 radical (unpaired) electrons. The highest BCUT2D eigenvalue weighted by atomic mass is 32.1. The molecule has 4 heteroatoms. The number of benzene rings is 1. The molecule has 2 rings (SSSR count). The zero-order valence-corrected chi connectivity index (χ0v) is 10.9. The predicted molar refractivity (Wildman–Crippen MR) is 70.6 cm³/mol. The lowest BCUT2D eigenvalue weighted by Crippen LogP contribution is -2.17. The van der Waals surface area contributed by atoms with Gasteiger partial charge in [-0.25, -0.2) is 4.39 Å². The van der Waals surface area contributed by atoms with Crippen LogP contribution in [0.15, 0.2) is 35.0 Å². The molecule has 0 N–H and O–H groups in total. The molecule has 0 amide bonds. The van der Waals surface area contributed by atoms with Gasteiger partial charge in [0.15, 0.2) is 0 Å². The quantitative estimate of drug-likeness (QED) is 0.842. The van der Waals surface area contributed by atoms with Crippen LogP contribution >= 0.6 is 11.3 Å². The number of thiophene rings is 1. The van der Waals surface area contributed by atoms with Crippen molar-refractivity contribution in [2.24, 2.45) is 0 Å².